The van der Waals surface area contributed by atoms with Gasteiger partial charge in [-0.1, -0.05) is 23.7 Å². The van der Waals surface area contributed by atoms with Crippen LogP contribution < -0.4 is 5.32 Å². The Kier molecular flexibility index (Phi) is 6.06. The second-order valence-corrected chi connectivity index (χ2v) is 5.94. The minimum absolute atomic E-state index is 0.0997. The van der Waals surface area contributed by atoms with Gasteiger partial charge < -0.3 is 5.32 Å². The van der Waals surface area contributed by atoms with E-state index < -0.39 is 17.6 Å². The Morgan fingerprint density at radius 1 is 1.23 bits per heavy atom. The fourth-order valence-electron chi connectivity index (χ4n) is 2.20. The van der Waals surface area contributed by atoms with Gasteiger partial charge in [0.2, 0.25) is 5.91 Å². The molecule has 26 heavy (non-hydrogen) atoms. The highest BCUT2D eigenvalue weighted by Crippen LogP contribution is 2.32. The molecule has 0 fully saturated rings. The Bertz CT molecular complexity index is 868. The molecule has 1 atom stereocenters. The van der Waals surface area contributed by atoms with Crippen LogP contribution >= 0.6 is 11.6 Å². The number of hydrogen-bond donors (Lipinski definition) is 1. The SMILES string of the molecule is CC(NC(=O)/C=C/c1cc(C(F)(F)F)ccc1Cl)c1ccc(C#N)cc1. The van der Waals surface area contributed by atoms with Crippen LogP contribution in [0.4, 0.5) is 13.2 Å². The highest BCUT2D eigenvalue weighted by atomic mass is 35.5. The molecule has 0 heterocycles. The Hall–Kier alpha value is -2.78. The fourth-order valence-corrected chi connectivity index (χ4v) is 2.38. The maximum absolute atomic E-state index is 12.7. The van der Waals surface area contributed by atoms with E-state index in [2.05, 4.69) is 5.32 Å². The van der Waals surface area contributed by atoms with Crippen LogP contribution in [0, 0.1) is 11.3 Å². The van der Waals surface area contributed by atoms with E-state index in [0.29, 0.717) is 5.56 Å². The van der Waals surface area contributed by atoms with Gasteiger partial charge in [-0.3, -0.25) is 4.79 Å². The number of nitrogens with one attached hydrogen (secondary N) is 1. The summed E-state index contributed by atoms with van der Waals surface area (Å²) >= 11 is 5.88. The van der Waals surface area contributed by atoms with Crippen LogP contribution in [0.15, 0.2) is 48.5 Å². The first-order valence-corrected chi connectivity index (χ1v) is 7.94. The van der Waals surface area contributed by atoms with Crippen molar-refractivity contribution in [3.8, 4) is 6.07 Å². The number of rotatable bonds is 4. The van der Waals surface area contributed by atoms with E-state index in [1.54, 1.807) is 31.2 Å². The second-order valence-electron chi connectivity index (χ2n) is 5.53. The third-order valence-corrected chi connectivity index (χ3v) is 3.98. The molecule has 2 aromatic rings. The zero-order valence-corrected chi connectivity index (χ0v) is 14.4. The van der Waals surface area contributed by atoms with Gasteiger partial charge in [-0.15, -0.1) is 0 Å². The van der Waals surface area contributed by atoms with E-state index in [0.717, 1.165) is 29.8 Å². The molecule has 2 rings (SSSR count). The Morgan fingerprint density at radius 3 is 2.46 bits per heavy atom. The maximum Gasteiger partial charge on any atom is 0.416 e. The lowest BCUT2D eigenvalue weighted by atomic mass is 10.1. The summed E-state index contributed by atoms with van der Waals surface area (Å²) in [6.45, 7) is 1.75. The minimum atomic E-state index is -4.49. The van der Waals surface area contributed by atoms with Gasteiger partial charge in [0, 0.05) is 11.1 Å². The third-order valence-electron chi connectivity index (χ3n) is 3.64. The molecule has 0 aromatic heterocycles. The smallest absolute Gasteiger partial charge is 0.346 e. The molecule has 0 bridgehead atoms. The minimum Gasteiger partial charge on any atom is -0.346 e. The van der Waals surface area contributed by atoms with Gasteiger partial charge in [-0.25, -0.2) is 0 Å². The molecule has 1 N–H and O–H groups in total. The first kappa shape index (κ1) is 19.5. The lowest BCUT2D eigenvalue weighted by Crippen LogP contribution is -2.24. The summed E-state index contributed by atoms with van der Waals surface area (Å²) in [6.07, 6.45) is -2.13. The van der Waals surface area contributed by atoms with Crippen molar-refractivity contribution in [1.29, 1.82) is 5.26 Å². The second kappa shape index (κ2) is 8.07. The van der Waals surface area contributed by atoms with Gasteiger partial charge in [0.1, 0.15) is 0 Å². The molecule has 134 valence electrons. The molecule has 0 aliphatic carbocycles. The summed E-state index contributed by atoms with van der Waals surface area (Å²) in [7, 11) is 0. The topological polar surface area (TPSA) is 52.9 Å². The molecular formula is C19H14ClF3N2O. The van der Waals surface area contributed by atoms with Crippen molar-refractivity contribution < 1.29 is 18.0 Å². The predicted molar refractivity (Wildman–Crippen MR) is 93.2 cm³/mol. The van der Waals surface area contributed by atoms with Gasteiger partial charge in [-0.05, 0) is 54.5 Å². The number of halogens is 4. The first-order chi connectivity index (χ1) is 12.2. The van der Waals surface area contributed by atoms with Crippen molar-refractivity contribution in [2.24, 2.45) is 0 Å². The van der Waals surface area contributed by atoms with Gasteiger partial charge in [0.05, 0.1) is 23.2 Å². The molecular weight excluding hydrogens is 365 g/mol. The summed E-state index contributed by atoms with van der Waals surface area (Å²) in [5.74, 6) is -0.477. The summed E-state index contributed by atoms with van der Waals surface area (Å²) in [4.78, 5) is 12.0. The highest BCUT2D eigenvalue weighted by Gasteiger charge is 2.30. The number of benzene rings is 2. The maximum atomic E-state index is 12.7. The summed E-state index contributed by atoms with van der Waals surface area (Å²) in [5.41, 5.74) is 0.560. The standard InChI is InChI=1S/C19H14ClF3N2O/c1-12(14-4-2-13(11-24)3-5-14)25-18(26)9-6-15-10-16(19(21,22)23)7-8-17(15)20/h2-10,12H,1H3,(H,25,26)/b9-6+. The Balaban J connectivity index is 2.08. The first-order valence-electron chi connectivity index (χ1n) is 7.56. The number of nitriles is 1. The predicted octanol–water partition coefficient (Wildman–Crippen LogP) is 5.12. The van der Waals surface area contributed by atoms with Gasteiger partial charge in [0.15, 0.2) is 0 Å². The molecule has 7 heteroatoms. The van der Waals surface area contributed by atoms with Crippen LogP contribution in [-0.4, -0.2) is 5.91 Å². The van der Waals surface area contributed by atoms with Crippen molar-refractivity contribution in [1.82, 2.24) is 5.32 Å². The molecule has 0 saturated carbocycles. The van der Waals surface area contributed by atoms with Crippen LogP contribution in [0.2, 0.25) is 5.02 Å². The summed E-state index contributed by atoms with van der Waals surface area (Å²) in [5, 5.41) is 11.6. The highest BCUT2D eigenvalue weighted by molar-refractivity contribution is 6.32. The van der Waals surface area contributed by atoms with E-state index in [4.69, 9.17) is 16.9 Å². The van der Waals surface area contributed by atoms with Crippen molar-refractivity contribution >= 4 is 23.6 Å². The average Bonchev–Trinajstić information content (AvgIpc) is 2.60. The normalized spacial score (nSPS) is 12.6. The van der Waals surface area contributed by atoms with Crippen LogP contribution in [0.5, 0.6) is 0 Å². The van der Waals surface area contributed by atoms with Crippen molar-refractivity contribution in [2.45, 2.75) is 19.1 Å². The van der Waals surface area contributed by atoms with Crippen molar-refractivity contribution in [3.05, 3.63) is 75.8 Å². The molecule has 2 aromatic carbocycles. The Labute approximate surface area is 153 Å². The number of alkyl halides is 3. The lowest BCUT2D eigenvalue weighted by Gasteiger charge is -2.13. The largest absolute Gasteiger partial charge is 0.416 e. The van der Waals surface area contributed by atoms with E-state index in [1.807, 2.05) is 6.07 Å². The molecule has 0 aliphatic heterocycles. The summed E-state index contributed by atoms with van der Waals surface area (Å²) < 4.78 is 38.2. The van der Waals surface area contributed by atoms with Crippen LogP contribution in [0.3, 0.4) is 0 Å². The van der Waals surface area contributed by atoms with Crippen LogP contribution in [-0.2, 0) is 11.0 Å². The van der Waals surface area contributed by atoms with Crippen LogP contribution in [0.1, 0.15) is 35.2 Å². The molecule has 1 unspecified atom stereocenters. The zero-order valence-electron chi connectivity index (χ0n) is 13.6. The number of carbonyl (C=O) groups excluding carboxylic acids is 1. The van der Waals surface area contributed by atoms with E-state index in [-0.39, 0.29) is 16.6 Å². The number of nitrogens with zero attached hydrogens (tertiary/aromatic N) is 1. The molecule has 0 radical (unpaired) electrons. The quantitative estimate of drug-likeness (QED) is 0.750. The van der Waals surface area contributed by atoms with E-state index >= 15 is 0 Å². The van der Waals surface area contributed by atoms with Gasteiger partial charge >= 0.3 is 6.18 Å². The molecule has 0 saturated heterocycles. The molecule has 3 nitrogen and oxygen atoms in total. The van der Waals surface area contributed by atoms with Gasteiger partial charge in [0.25, 0.3) is 0 Å². The van der Waals surface area contributed by atoms with E-state index in [9.17, 15) is 18.0 Å². The average molecular weight is 379 g/mol. The van der Waals surface area contributed by atoms with Gasteiger partial charge in [-0.2, -0.15) is 18.4 Å². The lowest BCUT2D eigenvalue weighted by molar-refractivity contribution is -0.137. The van der Waals surface area contributed by atoms with E-state index in [1.165, 1.54) is 6.08 Å². The third kappa shape index (κ3) is 5.11. The molecule has 1 amide bonds. The monoisotopic (exact) mass is 378 g/mol. The Morgan fingerprint density at radius 2 is 1.88 bits per heavy atom. The number of amides is 1. The number of carbonyl (C=O) groups is 1. The van der Waals surface area contributed by atoms with Crippen molar-refractivity contribution in [2.75, 3.05) is 0 Å². The molecule has 0 aliphatic rings. The van der Waals surface area contributed by atoms with Crippen LogP contribution in [0.25, 0.3) is 6.08 Å². The fraction of sp³-hybridized carbons (Fsp3) is 0.158. The van der Waals surface area contributed by atoms with Crippen molar-refractivity contribution in [3.63, 3.8) is 0 Å². The summed E-state index contributed by atoms with van der Waals surface area (Å²) in [6, 6.07) is 11.3. The zero-order chi connectivity index (χ0) is 19.3. The molecule has 0 spiro atoms. The number of hydrogen-bond acceptors (Lipinski definition) is 2.